The lowest BCUT2D eigenvalue weighted by Gasteiger charge is -2.14. The topological polar surface area (TPSA) is 47.6 Å². The van der Waals surface area contributed by atoms with Gasteiger partial charge in [-0.3, -0.25) is 4.79 Å². The quantitative estimate of drug-likeness (QED) is 0.897. The fourth-order valence-electron chi connectivity index (χ4n) is 2.67. The van der Waals surface area contributed by atoms with Crippen molar-refractivity contribution in [3.8, 4) is 5.75 Å². The number of carbonyl (C=O) groups excluding carboxylic acids is 1. The summed E-state index contributed by atoms with van der Waals surface area (Å²) in [4.78, 5) is 11.9. The van der Waals surface area contributed by atoms with Gasteiger partial charge in [0.05, 0.1) is 7.11 Å². The second kappa shape index (κ2) is 6.75. The van der Waals surface area contributed by atoms with Gasteiger partial charge in [0.15, 0.2) is 0 Å². The molecule has 1 N–H and O–H groups in total. The predicted molar refractivity (Wildman–Crippen MR) is 78.2 cm³/mol. The average Bonchev–Trinajstić information content (AvgIpc) is 2.94. The van der Waals surface area contributed by atoms with E-state index in [2.05, 4.69) is 25.2 Å². The first-order valence-electron chi connectivity index (χ1n) is 7.15. The van der Waals surface area contributed by atoms with E-state index in [1.54, 1.807) is 7.11 Å². The first kappa shape index (κ1) is 14.9. The van der Waals surface area contributed by atoms with Crippen molar-refractivity contribution in [2.75, 3.05) is 20.3 Å². The monoisotopic (exact) mass is 277 g/mol. The summed E-state index contributed by atoms with van der Waals surface area (Å²) >= 11 is 0. The molecule has 0 saturated carbocycles. The highest BCUT2D eigenvalue weighted by molar-refractivity contribution is 5.80. The summed E-state index contributed by atoms with van der Waals surface area (Å²) in [5.74, 6) is 0.903. The number of nitrogens with one attached hydrogen (secondary N) is 1. The molecule has 1 heterocycles. The molecule has 110 valence electrons. The van der Waals surface area contributed by atoms with E-state index in [-0.39, 0.29) is 12.0 Å². The Kier molecular flexibility index (Phi) is 5.01. The summed E-state index contributed by atoms with van der Waals surface area (Å²) < 4.78 is 10.8. The van der Waals surface area contributed by atoms with Crippen molar-refractivity contribution in [2.24, 2.45) is 0 Å². The van der Waals surface area contributed by atoms with E-state index in [0.717, 1.165) is 30.6 Å². The largest absolute Gasteiger partial charge is 0.496 e. The van der Waals surface area contributed by atoms with Crippen LogP contribution in [0.1, 0.15) is 29.5 Å². The zero-order chi connectivity index (χ0) is 14.5. The van der Waals surface area contributed by atoms with Crippen LogP contribution in [-0.4, -0.2) is 32.3 Å². The van der Waals surface area contributed by atoms with Crippen LogP contribution in [0.5, 0.6) is 5.75 Å². The van der Waals surface area contributed by atoms with Gasteiger partial charge in [0.25, 0.3) is 0 Å². The zero-order valence-electron chi connectivity index (χ0n) is 12.5. The Balaban J connectivity index is 1.92. The Morgan fingerprint density at radius 1 is 1.45 bits per heavy atom. The van der Waals surface area contributed by atoms with Crippen molar-refractivity contribution in [1.29, 1.82) is 0 Å². The lowest BCUT2D eigenvalue weighted by molar-refractivity contribution is -0.129. The minimum absolute atomic E-state index is 0.00577. The van der Waals surface area contributed by atoms with Crippen LogP contribution in [-0.2, 0) is 16.0 Å². The molecule has 1 saturated heterocycles. The third-order valence-corrected chi connectivity index (χ3v) is 3.69. The van der Waals surface area contributed by atoms with E-state index in [1.165, 1.54) is 11.1 Å². The lowest BCUT2D eigenvalue weighted by atomic mass is 10.0. The SMILES string of the molecule is COc1cc(C)cc(C)c1CCNC(=O)C1CCCO1. The van der Waals surface area contributed by atoms with E-state index in [1.807, 2.05) is 6.07 Å². The van der Waals surface area contributed by atoms with Gasteiger partial charge in [0.1, 0.15) is 11.9 Å². The van der Waals surface area contributed by atoms with Crippen molar-refractivity contribution < 1.29 is 14.3 Å². The van der Waals surface area contributed by atoms with Gasteiger partial charge in [-0.1, -0.05) is 6.07 Å². The molecule has 1 unspecified atom stereocenters. The van der Waals surface area contributed by atoms with Crippen LogP contribution in [0.3, 0.4) is 0 Å². The molecule has 1 atom stereocenters. The number of methoxy groups -OCH3 is 1. The van der Waals surface area contributed by atoms with Crippen LogP contribution in [0, 0.1) is 13.8 Å². The normalized spacial score (nSPS) is 18.1. The highest BCUT2D eigenvalue weighted by Gasteiger charge is 2.23. The molecule has 0 bridgehead atoms. The summed E-state index contributed by atoms with van der Waals surface area (Å²) in [6, 6.07) is 4.17. The maximum atomic E-state index is 11.9. The van der Waals surface area contributed by atoms with E-state index in [4.69, 9.17) is 9.47 Å². The molecule has 20 heavy (non-hydrogen) atoms. The molecular weight excluding hydrogens is 254 g/mol. The van der Waals surface area contributed by atoms with E-state index in [0.29, 0.717) is 13.2 Å². The minimum Gasteiger partial charge on any atom is -0.496 e. The number of aryl methyl sites for hydroxylation is 2. The molecule has 1 aromatic rings. The summed E-state index contributed by atoms with van der Waals surface area (Å²) in [5, 5.41) is 2.95. The Labute approximate surface area is 120 Å². The van der Waals surface area contributed by atoms with Crippen molar-refractivity contribution in [2.45, 2.75) is 39.2 Å². The van der Waals surface area contributed by atoms with E-state index < -0.39 is 0 Å². The van der Waals surface area contributed by atoms with Crippen molar-refractivity contribution in [1.82, 2.24) is 5.32 Å². The molecule has 1 aromatic carbocycles. The molecule has 0 aliphatic carbocycles. The summed E-state index contributed by atoms with van der Waals surface area (Å²) in [6.07, 6.45) is 2.33. The van der Waals surface area contributed by atoms with Gasteiger partial charge in [0, 0.05) is 13.2 Å². The van der Waals surface area contributed by atoms with Gasteiger partial charge < -0.3 is 14.8 Å². The first-order chi connectivity index (χ1) is 9.61. The Morgan fingerprint density at radius 3 is 2.90 bits per heavy atom. The molecule has 4 heteroatoms. The number of hydrogen-bond donors (Lipinski definition) is 1. The van der Waals surface area contributed by atoms with Gasteiger partial charge in [-0.25, -0.2) is 0 Å². The highest BCUT2D eigenvalue weighted by atomic mass is 16.5. The lowest BCUT2D eigenvalue weighted by Crippen LogP contribution is -2.35. The Bertz CT molecular complexity index is 479. The number of hydrogen-bond acceptors (Lipinski definition) is 3. The number of amides is 1. The maximum Gasteiger partial charge on any atom is 0.249 e. The molecule has 1 amide bonds. The van der Waals surface area contributed by atoms with Crippen molar-refractivity contribution >= 4 is 5.91 Å². The standard InChI is InChI=1S/C16H23NO3/c1-11-9-12(2)13(15(10-11)19-3)6-7-17-16(18)14-5-4-8-20-14/h9-10,14H,4-8H2,1-3H3,(H,17,18). The number of rotatable bonds is 5. The number of ether oxygens (including phenoxy) is 2. The van der Waals surface area contributed by atoms with Gasteiger partial charge in [-0.2, -0.15) is 0 Å². The van der Waals surface area contributed by atoms with Crippen LogP contribution in [0.25, 0.3) is 0 Å². The molecule has 0 spiro atoms. The summed E-state index contributed by atoms with van der Waals surface area (Å²) in [7, 11) is 1.68. The minimum atomic E-state index is -0.254. The van der Waals surface area contributed by atoms with Gasteiger partial charge in [0.2, 0.25) is 5.91 Å². The van der Waals surface area contributed by atoms with Gasteiger partial charge in [-0.05, 0) is 55.9 Å². The van der Waals surface area contributed by atoms with E-state index in [9.17, 15) is 4.79 Å². The number of carbonyl (C=O) groups is 1. The van der Waals surface area contributed by atoms with Crippen LogP contribution in [0.15, 0.2) is 12.1 Å². The van der Waals surface area contributed by atoms with E-state index >= 15 is 0 Å². The van der Waals surface area contributed by atoms with Gasteiger partial charge >= 0.3 is 0 Å². The smallest absolute Gasteiger partial charge is 0.249 e. The fraction of sp³-hybridized carbons (Fsp3) is 0.562. The number of benzene rings is 1. The average molecular weight is 277 g/mol. The fourth-order valence-corrected chi connectivity index (χ4v) is 2.67. The summed E-state index contributed by atoms with van der Waals surface area (Å²) in [5.41, 5.74) is 3.55. The van der Waals surface area contributed by atoms with Crippen molar-refractivity contribution in [3.05, 3.63) is 28.8 Å². The summed E-state index contributed by atoms with van der Waals surface area (Å²) in [6.45, 7) is 5.44. The molecule has 4 nitrogen and oxygen atoms in total. The molecule has 1 aliphatic heterocycles. The first-order valence-corrected chi connectivity index (χ1v) is 7.15. The maximum absolute atomic E-state index is 11.9. The predicted octanol–water partition coefficient (Wildman–Crippen LogP) is 2.15. The second-order valence-corrected chi connectivity index (χ2v) is 5.31. The third-order valence-electron chi connectivity index (χ3n) is 3.69. The Hall–Kier alpha value is -1.55. The highest BCUT2D eigenvalue weighted by Crippen LogP contribution is 2.24. The van der Waals surface area contributed by atoms with Crippen molar-refractivity contribution in [3.63, 3.8) is 0 Å². The molecule has 1 fully saturated rings. The third kappa shape index (κ3) is 3.51. The van der Waals surface area contributed by atoms with Crippen LogP contribution in [0.4, 0.5) is 0 Å². The Morgan fingerprint density at radius 2 is 2.25 bits per heavy atom. The van der Waals surface area contributed by atoms with Crippen LogP contribution >= 0.6 is 0 Å². The van der Waals surface area contributed by atoms with Gasteiger partial charge in [-0.15, -0.1) is 0 Å². The molecule has 2 rings (SSSR count). The molecular formula is C16H23NO3. The van der Waals surface area contributed by atoms with Crippen LogP contribution in [0.2, 0.25) is 0 Å². The zero-order valence-corrected chi connectivity index (χ0v) is 12.5. The second-order valence-electron chi connectivity index (χ2n) is 5.31. The molecule has 0 radical (unpaired) electrons. The molecule has 0 aromatic heterocycles. The van der Waals surface area contributed by atoms with Crippen LogP contribution < -0.4 is 10.1 Å². The molecule has 1 aliphatic rings.